The van der Waals surface area contributed by atoms with E-state index in [1.807, 2.05) is 29.2 Å². The summed E-state index contributed by atoms with van der Waals surface area (Å²) >= 11 is 5.90. The van der Waals surface area contributed by atoms with Gasteiger partial charge in [-0.2, -0.15) is 0 Å². The smallest absolute Gasteiger partial charge is 0.274 e. The molecule has 1 aliphatic rings. The van der Waals surface area contributed by atoms with Crippen molar-refractivity contribution >= 4 is 17.5 Å². The molecule has 6 heteroatoms. The van der Waals surface area contributed by atoms with Gasteiger partial charge < -0.3 is 4.90 Å². The highest BCUT2D eigenvalue weighted by molar-refractivity contribution is 6.30. The Labute approximate surface area is 134 Å². The normalized spacial score (nSPS) is 15.8. The largest absolute Gasteiger partial charge is 0.335 e. The summed E-state index contributed by atoms with van der Waals surface area (Å²) in [6.07, 6.45) is 4.63. The third-order valence-corrected chi connectivity index (χ3v) is 4.01. The Morgan fingerprint density at radius 3 is 2.45 bits per heavy atom. The summed E-state index contributed by atoms with van der Waals surface area (Å²) in [6.45, 7) is 4.01. The molecule has 114 valence electrons. The number of hydrogen-bond donors (Lipinski definition) is 0. The van der Waals surface area contributed by atoms with Crippen LogP contribution in [0, 0.1) is 0 Å². The summed E-state index contributed by atoms with van der Waals surface area (Å²) in [7, 11) is 0. The topological polar surface area (TPSA) is 49.3 Å². The fraction of sp³-hybridized carbons (Fsp3) is 0.312. The van der Waals surface area contributed by atoms with Crippen molar-refractivity contribution in [3.8, 4) is 0 Å². The average Bonchev–Trinajstić information content (AvgIpc) is 2.58. The summed E-state index contributed by atoms with van der Waals surface area (Å²) in [5, 5.41) is 0.753. The number of carbonyl (C=O) groups excluding carboxylic acids is 1. The molecule has 22 heavy (non-hydrogen) atoms. The molecule has 1 aromatic heterocycles. The Balaban J connectivity index is 1.54. The highest BCUT2D eigenvalue weighted by Gasteiger charge is 2.22. The summed E-state index contributed by atoms with van der Waals surface area (Å²) in [4.78, 5) is 24.5. The molecule has 3 rings (SSSR count). The maximum Gasteiger partial charge on any atom is 0.274 e. The number of halogens is 1. The third kappa shape index (κ3) is 3.61. The van der Waals surface area contributed by atoms with Crippen LogP contribution in [0.3, 0.4) is 0 Å². The van der Waals surface area contributed by atoms with Crippen LogP contribution in [0.2, 0.25) is 5.02 Å². The molecular weight excluding hydrogens is 300 g/mol. The molecule has 1 amide bonds. The first-order valence-electron chi connectivity index (χ1n) is 7.24. The highest BCUT2D eigenvalue weighted by Crippen LogP contribution is 2.13. The lowest BCUT2D eigenvalue weighted by Gasteiger charge is -2.34. The van der Waals surface area contributed by atoms with Gasteiger partial charge in [-0.15, -0.1) is 0 Å². The lowest BCUT2D eigenvalue weighted by molar-refractivity contribution is 0.0622. The molecule has 0 aliphatic carbocycles. The lowest BCUT2D eigenvalue weighted by atomic mass is 10.2. The van der Waals surface area contributed by atoms with Crippen LogP contribution in [0.5, 0.6) is 0 Å². The van der Waals surface area contributed by atoms with Crippen LogP contribution in [-0.4, -0.2) is 51.9 Å². The summed E-state index contributed by atoms with van der Waals surface area (Å²) in [6, 6.07) is 7.90. The minimum atomic E-state index is -0.0424. The van der Waals surface area contributed by atoms with Crippen molar-refractivity contribution < 1.29 is 4.79 Å². The molecule has 1 aromatic carbocycles. The number of amides is 1. The third-order valence-electron chi connectivity index (χ3n) is 3.76. The van der Waals surface area contributed by atoms with E-state index in [1.165, 1.54) is 11.8 Å². The summed E-state index contributed by atoms with van der Waals surface area (Å²) in [5.74, 6) is -0.0424. The van der Waals surface area contributed by atoms with Gasteiger partial charge in [-0.05, 0) is 17.7 Å². The van der Waals surface area contributed by atoms with Crippen molar-refractivity contribution in [3.05, 3.63) is 59.1 Å². The van der Waals surface area contributed by atoms with Gasteiger partial charge in [0.2, 0.25) is 0 Å². The van der Waals surface area contributed by atoms with Gasteiger partial charge in [-0.25, -0.2) is 4.98 Å². The number of hydrogen-bond acceptors (Lipinski definition) is 4. The first-order chi connectivity index (χ1) is 10.7. The van der Waals surface area contributed by atoms with Crippen LogP contribution in [0.25, 0.3) is 0 Å². The van der Waals surface area contributed by atoms with Gasteiger partial charge in [-0.3, -0.25) is 14.7 Å². The zero-order valence-electron chi connectivity index (χ0n) is 12.2. The zero-order chi connectivity index (χ0) is 15.4. The van der Waals surface area contributed by atoms with E-state index in [0.29, 0.717) is 18.8 Å². The first-order valence-corrected chi connectivity index (χ1v) is 7.62. The molecule has 1 saturated heterocycles. The Kier molecular flexibility index (Phi) is 4.65. The molecule has 0 atom stereocenters. The van der Waals surface area contributed by atoms with Crippen LogP contribution >= 0.6 is 11.6 Å². The predicted octanol–water partition coefficient (Wildman–Crippen LogP) is 2.09. The van der Waals surface area contributed by atoms with E-state index in [9.17, 15) is 4.79 Å². The van der Waals surface area contributed by atoms with Crippen molar-refractivity contribution in [1.82, 2.24) is 19.8 Å². The summed E-state index contributed by atoms with van der Waals surface area (Å²) < 4.78 is 0. The lowest BCUT2D eigenvalue weighted by Crippen LogP contribution is -2.48. The second-order valence-electron chi connectivity index (χ2n) is 5.29. The molecule has 0 radical (unpaired) electrons. The Morgan fingerprint density at radius 2 is 1.82 bits per heavy atom. The monoisotopic (exact) mass is 316 g/mol. The Hall–Kier alpha value is -1.98. The minimum Gasteiger partial charge on any atom is -0.335 e. The van der Waals surface area contributed by atoms with Gasteiger partial charge in [0.15, 0.2) is 0 Å². The Bertz CT molecular complexity index is 624. The number of piperazine rings is 1. The quantitative estimate of drug-likeness (QED) is 0.870. The number of aromatic nitrogens is 2. The summed E-state index contributed by atoms with van der Waals surface area (Å²) in [5.41, 5.74) is 1.65. The second-order valence-corrected chi connectivity index (χ2v) is 5.72. The van der Waals surface area contributed by atoms with Gasteiger partial charge in [0, 0.05) is 50.1 Å². The molecule has 1 fully saturated rings. The van der Waals surface area contributed by atoms with Crippen molar-refractivity contribution in [2.24, 2.45) is 0 Å². The molecule has 0 bridgehead atoms. The molecular formula is C16H17ClN4O. The number of benzene rings is 1. The second kappa shape index (κ2) is 6.85. The molecule has 5 nitrogen and oxygen atoms in total. The Morgan fingerprint density at radius 1 is 1.09 bits per heavy atom. The van der Waals surface area contributed by atoms with Crippen molar-refractivity contribution in [1.29, 1.82) is 0 Å². The van der Waals surface area contributed by atoms with Crippen LogP contribution in [0.1, 0.15) is 16.1 Å². The molecule has 0 saturated carbocycles. The maximum absolute atomic E-state index is 12.3. The van der Waals surface area contributed by atoms with Crippen LogP contribution < -0.4 is 0 Å². The highest BCUT2D eigenvalue weighted by atomic mass is 35.5. The first kappa shape index (κ1) is 14.9. The molecule has 0 unspecified atom stereocenters. The van der Waals surface area contributed by atoms with Gasteiger partial charge in [0.05, 0.1) is 6.20 Å². The number of nitrogens with zero attached hydrogens (tertiary/aromatic N) is 4. The van der Waals surface area contributed by atoms with E-state index in [2.05, 4.69) is 14.9 Å². The van der Waals surface area contributed by atoms with E-state index in [0.717, 1.165) is 24.7 Å². The van der Waals surface area contributed by atoms with E-state index >= 15 is 0 Å². The van der Waals surface area contributed by atoms with E-state index < -0.39 is 0 Å². The van der Waals surface area contributed by atoms with Crippen molar-refractivity contribution in [2.75, 3.05) is 26.2 Å². The van der Waals surface area contributed by atoms with Crippen LogP contribution in [-0.2, 0) is 6.54 Å². The van der Waals surface area contributed by atoms with Crippen LogP contribution in [0.15, 0.2) is 42.9 Å². The maximum atomic E-state index is 12.3. The molecule has 0 N–H and O–H groups in total. The fourth-order valence-electron chi connectivity index (χ4n) is 2.53. The van der Waals surface area contributed by atoms with E-state index in [-0.39, 0.29) is 5.91 Å². The van der Waals surface area contributed by atoms with Crippen molar-refractivity contribution in [3.63, 3.8) is 0 Å². The molecule has 2 heterocycles. The average molecular weight is 317 g/mol. The minimum absolute atomic E-state index is 0.0424. The van der Waals surface area contributed by atoms with Crippen LogP contribution in [0.4, 0.5) is 0 Å². The van der Waals surface area contributed by atoms with E-state index in [4.69, 9.17) is 11.6 Å². The fourth-order valence-corrected chi connectivity index (χ4v) is 2.65. The van der Waals surface area contributed by atoms with E-state index in [1.54, 1.807) is 12.4 Å². The van der Waals surface area contributed by atoms with Gasteiger partial charge in [0.1, 0.15) is 5.69 Å². The molecule has 2 aromatic rings. The standard InChI is InChI=1S/C16H17ClN4O/c17-14-3-1-13(2-4-14)12-20-7-9-21(10-8-20)16(22)15-11-18-5-6-19-15/h1-6,11H,7-10,12H2. The van der Waals surface area contributed by atoms with Gasteiger partial charge in [-0.1, -0.05) is 23.7 Å². The predicted molar refractivity (Wildman–Crippen MR) is 84.7 cm³/mol. The van der Waals surface area contributed by atoms with Gasteiger partial charge in [0.25, 0.3) is 5.91 Å². The van der Waals surface area contributed by atoms with Gasteiger partial charge >= 0.3 is 0 Å². The SMILES string of the molecule is O=C(c1cnccn1)N1CCN(Cc2ccc(Cl)cc2)CC1. The van der Waals surface area contributed by atoms with Crippen molar-refractivity contribution in [2.45, 2.75) is 6.54 Å². The number of rotatable bonds is 3. The molecule has 1 aliphatic heterocycles. The zero-order valence-corrected chi connectivity index (χ0v) is 12.9. The molecule has 0 spiro atoms. The number of carbonyl (C=O) groups is 1.